The zero-order valence-corrected chi connectivity index (χ0v) is 14.1. The van der Waals surface area contributed by atoms with Crippen LogP contribution in [-0.2, 0) is 17.8 Å². The van der Waals surface area contributed by atoms with Crippen LogP contribution in [-0.4, -0.2) is 21.7 Å². The second-order valence-electron chi connectivity index (χ2n) is 6.13. The third kappa shape index (κ3) is 3.32. The summed E-state index contributed by atoms with van der Waals surface area (Å²) < 4.78 is 69.5. The van der Waals surface area contributed by atoms with Crippen molar-refractivity contribution in [2.75, 3.05) is 0 Å². The molecule has 0 bridgehead atoms. The lowest BCUT2D eigenvalue weighted by Crippen LogP contribution is -2.40. The number of nitrogens with two attached hydrogens (primary N) is 1. The lowest BCUT2D eigenvalue weighted by atomic mass is 10.1. The van der Waals surface area contributed by atoms with Crippen LogP contribution in [0, 0.1) is 29.1 Å². The van der Waals surface area contributed by atoms with E-state index < -0.39 is 53.1 Å². The maximum absolute atomic E-state index is 14.0. The molecule has 10 heteroatoms. The van der Waals surface area contributed by atoms with E-state index >= 15 is 0 Å². The molecule has 0 saturated heterocycles. The zero-order chi connectivity index (χ0) is 20.6. The lowest BCUT2D eigenvalue weighted by Gasteiger charge is -2.10. The fourth-order valence-electron chi connectivity index (χ4n) is 2.99. The van der Waals surface area contributed by atoms with Gasteiger partial charge in [0.1, 0.15) is 0 Å². The summed E-state index contributed by atoms with van der Waals surface area (Å²) in [7, 11) is 0. The first-order valence-corrected chi connectivity index (χ1v) is 8.02. The highest BCUT2D eigenvalue weighted by atomic mass is 19.2. The molecule has 3 aromatic rings. The first-order valence-electron chi connectivity index (χ1n) is 8.02. The predicted octanol–water partition coefficient (Wildman–Crippen LogP) is 2.76. The summed E-state index contributed by atoms with van der Waals surface area (Å²) in [6, 6.07) is 5.43. The van der Waals surface area contributed by atoms with Gasteiger partial charge in [-0.25, -0.2) is 27.4 Å². The molecule has 0 unspecified atom stereocenters. The molecule has 0 spiro atoms. The number of rotatable bonds is 5. The number of nitrogens with zero attached hydrogens (tertiary/aromatic N) is 1. The molecular formula is C18H14F5N3O2. The lowest BCUT2D eigenvalue weighted by molar-refractivity contribution is -0.130. The average molecular weight is 399 g/mol. The number of carbonyl (C=O) groups is 1. The number of hydrogen-bond acceptors (Lipinski definition) is 3. The van der Waals surface area contributed by atoms with Crippen molar-refractivity contribution < 1.29 is 32.0 Å². The van der Waals surface area contributed by atoms with Gasteiger partial charge in [-0.1, -0.05) is 18.2 Å². The van der Waals surface area contributed by atoms with E-state index in [0.29, 0.717) is 16.5 Å². The third-order valence-corrected chi connectivity index (χ3v) is 4.39. The molecule has 5 nitrogen and oxygen atoms in total. The summed E-state index contributed by atoms with van der Waals surface area (Å²) in [4.78, 5) is 11.4. The summed E-state index contributed by atoms with van der Waals surface area (Å²) >= 11 is 0. The quantitative estimate of drug-likeness (QED) is 0.203. The number of carbonyl (C=O) groups excluding carboxylic acids is 1. The maximum atomic E-state index is 14.0. The molecule has 1 aromatic heterocycles. The van der Waals surface area contributed by atoms with Gasteiger partial charge in [0.05, 0.1) is 12.6 Å². The summed E-state index contributed by atoms with van der Waals surface area (Å²) in [5.41, 5.74) is 7.05. The van der Waals surface area contributed by atoms with Crippen molar-refractivity contribution in [3.8, 4) is 0 Å². The Morgan fingerprint density at radius 2 is 1.61 bits per heavy atom. The molecule has 0 aliphatic carbocycles. The van der Waals surface area contributed by atoms with E-state index in [9.17, 15) is 26.7 Å². The number of para-hydroxylation sites is 1. The van der Waals surface area contributed by atoms with Crippen LogP contribution < -0.4 is 11.2 Å². The van der Waals surface area contributed by atoms with Gasteiger partial charge in [0.15, 0.2) is 23.3 Å². The third-order valence-electron chi connectivity index (χ3n) is 4.39. The SMILES string of the molecule is N[C@@H](Cc1cn(Cc2c(F)c(F)c(F)c(F)c2F)c2ccccc12)C(=O)NO. The Hall–Kier alpha value is -2.98. The van der Waals surface area contributed by atoms with Crippen LogP contribution in [0.4, 0.5) is 22.0 Å². The molecule has 2 aromatic carbocycles. The van der Waals surface area contributed by atoms with Crippen LogP contribution in [0.1, 0.15) is 11.1 Å². The molecule has 0 radical (unpaired) electrons. The topological polar surface area (TPSA) is 80.3 Å². The van der Waals surface area contributed by atoms with Crippen LogP contribution in [0.5, 0.6) is 0 Å². The highest BCUT2D eigenvalue weighted by molar-refractivity contribution is 5.86. The molecular weight excluding hydrogens is 385 g/mol. The number of benzene rings is 2. The smallest absolute Gasteiger partial charge is 0.260 e. The largest absolute Gasteiger partial charge is 0.343 e. The van der Waals surface area contributed by atoms with Gasteiger partial charge in [-0.2, -0.15) is 0 Å². The molecule has 148 valence electrons. The van der Waals surface area contributed by atoms with Gasteiger partial charge in [-0.15, -0.1) is 0 Å². The Morgan fingerprint density at radius 3 is 2.21 bits per heavy atom. The Bertz CT molecular complexity index is 1040. The van der Waals surface area contributed by atoms with Crippen LogP contribution in [0.15, 0.2) is 30.5 Å². The Balaban J connectivity index is 2.07. The number of hydrogen-bond donors (Lipinski definition) is 3. The van der Waals surface area contributed by atoms with E-state index in [4.69, 9.17) is 10.9 Å². The Morgan fingerprint density at radius 1 is 1.04 bits per heavy atom. The minimum atomic E-state index is -2.22. The number of fused-ring (bicyclic) bond motifs is 1. The van der Waals surface area contributed by atoms with E-state index in [0.717, 1.165) is 0 Å². The normalized spacial score (nSPS) is 12.4. The van der Waals surface area contributed by atoms with Crippen molar-refractivity contribution in [3.05, 3.63) is 70.7 Å². The van der Waals surface area contributed by atoms with Crippen molar-refractivity contribution in [1.82, 2.24) is 10.0 Å². The van der Waals surface area contributed by atoms with Crippen molar-refractivity contribution in [2.45, 2.75) is 19.0 Å². The molecule has 1 heterocycles. The molecule has 0 aliphatic heterocycles. The molecule has 0 fully saturated rings. The Kier molecular flexibility index (Phi) is 5.34. The van der Waals surface area contributed by atoms with Crippen LogP contribution in [0.25, 0.3) is 10.9 Å². The molecule has 0 aliphatic rings. The van der Waals surface area contributed by atoms with Gasteiger partial charge in [-0.05, 0) is 18.1 Å². The summed E-state index contributed by atoms with van der Waals surface area (Å²) in [6.07, 6.45) is 1.38. The fourth-order valence-corrected chi connectivity index (χ4v) is 2.99. The second kappa shape index (κ2) is 7.56. The number of aromatic nitrogens is 1. The van der Waals surface area contributed by atoms with Crippen LogP contribution >= 0.6 is 0 Å². The first kappa shape index (κ1) is 19.8. The molecule has 0 saturated carbocycles. The van der Waals surface area contributed by atoms with Crippen LogP contribution in [0.2, 0.25) is 0 Å². The van der Waals surface area contributed by atoms with E-state index in [-0.39, 0.29) is 6.42 Å². The van der Waals surface area contributed by atoms with Gasteiger partial charge in [-0.3, -0.25) is 10.0 Å². The van der Waals surface area contributed by atoms with Gasteiger partial charge in [0, 0.05) is 22.7 Å². The summed E-state index contributed by atoms with van der Waals surface area (Å²) in [5.74, 6) is -10.9. The number of amides is 1. The number of nitrogens with one attached hydrogen (secondary N) is 1. The molecule has 28 heavy (non-hydrogen) atoms. The van der Waals surface area contributed by atoms with Crippen molar-refractivity contribution in [3.63, 3.8) is 0 Å². The standard InChI is InChI=1S/C18H14F5N3O2/c19-13-10(14(20)16(22)17(23)15(13)21)7-26-6-8(5-11(24)18(27)25-28)9-3-1-2-4-12(9)26/h1-4,6,11,28H,5,7,24H2,(H,25,27)/t11-/m0/s1. The second-order valence-corrected chi connectivity index (χ2v) is 6.13. The van der Waals surface area contributed by atoms with Gasteiger partial charge in [0.2, 0.25) is 5.82 Å². The van der Waals surface area contributed by atoms with E-state index in [1.165, 1.54) is 16.2 Å². The number of hydroxylamine groups is 1. The fraction of sp³-hybridized carbons (Fsp3) is 0.167. The van der Waals surface area contributed by atoms with E-state index in [1.54, 1.807) is 24.3 Å². The average Bonchev–Trinajstić information content (AvgIpc) is 3.05. The monoisotopic (exact) mass is 399 g/mol. The summed E-state index contributed by atoms with van der Waals surface area (Å²) in [5, 5.41) is 9.24. The summed E-state index contributed by atoms with van der Waals surface area (Å²) in [6.45, 7) is -0.631. The van der Waals surface area contributed by atoms with Crippen molar-refractivity contribution >= 4 is 16.8 Å². The van der Waals surface area contributed by atoms with Gasteiger partial charge in [0.25, 0.3) is 5.91 Å². The zero-order valence-electron chi connectivity index (χ0n) is 14.1. The van der Waals surface area contributed by atoms with Gasteiger partial charge >= 0.3 is 0 Å². The van der Waals surface area contributed by atoms with Gasteiger partial charge < -0.3 is 10.3 Å². The molecule has 1 atom stereocenters. The minimum absolute atomic E-state index is 0.0307. The maximum Gasteiger partial charge on any atom is 0.260 e. The number of halogens is 5. The van der Waals surface area contributed by atoms with E-state index in [1.807, 2.05) is 0 Å². The Labute approximate surface area is 155 Å². The highest BCUT2D eigenvalue weighted by Crippen LogP contribution is 2.27. The molecule has 4 N–H and O–H groups in total. The van der Waals surface area contributed by atoms with Crippen molar-refractivity contribution in [2.24, 2.45) is 5.73 Å². The highest BCUT2D eigenvalue weighted by Gasteiger charge is 2.26. The predicted molar refractivity (Wildman–Crippen MR) is 88.9 cm³/mol. The minimum Gasteiger partial charge on any atom is -0.343 e. The van der Waals surface area contributed by atoms with Crippen LogP contribution in [0.3, 0.4) is 0 Å². The molecule has 3 rings (SSSR count). The molecule has 1 amide bonds. The van der Waals surface area contributed by atoms with E-state index in [2.05, 4.69) is 0 Å². The first-order chi connectivity index (χ1) is 13.3. The van der Waals surface area contributed by atoms with Crippen molar-refractivity contribution in [1.29, 1.82) is 0 Å².